The predicted octanol–water partition coefficient (Wildman–Crippen LogP) is 1.17. The summed E-state index contributed by atoms with van der Waals surface area (Å²) in [5, 5.41) is 4.29. The van der Waals surface area contributed by atoms with Gasteiger partial charge < -0.3 is 5.73 Å². The van der Waals surface area contributed by atoms with E-state index in [1.807, 2.05) is 26.8 Å². The Kier molecular flexibility index (Phi) is 2.15. The molecule has 2 rings (SSSR count). The molecule has 2 aromatic rings. The zero-order valence-corrected chi connectivity index (χ0v) is 9.02. The lowest BCUT2D eigenvalue weighted by Crippen LogP contribution is -2.05. The fraction of sp³-hybridized carbons (Fsp3) is 0.300. The summed E-state index contributed by atoms with van der Waals surface area (Å²) >= 11 is 0. The summed E-state index contributed by atoms with van der Waals surface area (Å²) in [4.78, 5) is 8.45. The largest absolute Gasteiger partial charge is 0.396 e. The smallest absolute Gasteiger partial charge is 0.251 e. The molecule has 0 bridgehead atoms. The van der Waals surface area contributed by atoms with Crippen molar-refractivity contribution < 1.29 is 0 Å². The molecule has 0 spiro atoms. The Labute approximate surface area is 88.0 Å². The van der Waals surface area contributed by atoms with Gasteiger partial charge in [0.25, 0.3) is 5.95 Å². The topological polar surface area (TPSA) is 69.6 Å². The molecular formula is C10H13N5. The van der Waals surface area contributed by atoms with Gasteiger partial charge in [0.15, 0.2) is 0 Å². The lowest BCUT2D eigenvalue weighted by Gasteiger charge is -2.02. The summed E-state index contributed by atoms with van der Waals surface area (Å²) in [5.41, 5.74) is 9.12. The van der Waals surface area contributed by atoms with Gasteiger partial charge in [-0.05, 0) is 26.8 Å². The average Bonchev–Trinajstić information content (AvgIpc) is 2.46. The first kappa shape index (κ1) is 9.64. The number of aryl methyl sites for hydroxylation is 2. The summed E-state index contributed by atoms with van der Waals surface area (Å²) in [5.74, 6) is 0.562. The Morgan fingerprint density at radius 2 is 2.00 bits per heavy atom. The summed E-state index contributed by atoms with van der Waals surface area (Å²) < 4.78 is 1.66. The van der Waals surface area contributed by atoms with Crippen molar-refractivity contribution in [1.29, 1.82) is 0 Å². The van der Waals surface area contributed by atoms with E-state index in [9.17, 15) is 0 Å². The number of anilines is 1. The average molecular weight is 203 g/mol. The Morgan fingerprint density at radius 1 is 1.27 bits per heavy atom. The molecular weight excluding hydrogens is 190 g/mol. The van der Waals surface area contributed by atoms with Crippen molar-refractivity contribution in [2.45, 2.75) is 20.8 Å². The Hall–Kier alpha value is -1.91. The third-order valence-electron chi connectivity index (χ3n) is 2.32. The van der Waals surface area contributed by atoms with E-state index in [-0.39, 0.29) is 0 Å². The molecule has 0 aliphatic heterocycles. The first-order valence-electron chi connectivity index (χ1n) is 4.71. The number of hydrogen-bond acceptors (Lipinski definition) is 4. The monoisotopic (exact) mass is 203 g/mol. The molecule has 78 valence electrons. The van der Waals surface area contributed by atoms with Crippen LogP contribution in [0.3, 0.4) is 0 Å². The lowest BCUT2D eigenvalue weighted by atomic mass is 10.3. The maximum Gasteiger partial charge on any atom is 0.251 e. The number of nitrogen functional groups attached to an aromatic ring is 1. The van der Waals surface area contributed by atoms with Crippen molar-refractivity contribution in [2.75, 3.05) is 5.73 Å². The van der Waals surface area contributed by atoms with Gasteiger partial charge in [0.1, 0.15) is 0 Å². The van der Waals surface area contributed by atoms with Gasteiger partial charge in [0.2, 0.25) is 0 Å². The van der Waals surface area contributed by atoms with Crippen LogP contribution in [-0.2, 0) is 0 Å². The third-order valence-corrected chi connectivity index (χ3v) is 2.32. The summed E-state index contributed by atoms with van der Waals surface area (Å²) in [6.07, 6.45) is 1.71. The van der Waals surface area contributed by atoms with Crippen molar-refractivity contribution >= 4 is 5.69 Å². The predicted molar refractivity (Wildman–Crippen MR) is 57.8 cm³/mol. The Bertz CT molecular complexity index is 501. The molecule has 2 heterocycles. The van der Waals surface area contributed by atoms with Crippen LogP contribution in [0.2, 0.25) is 0 Å². The minimum Gasteiger partial charge on any atom is -0.396 e. The first-order chi connectivity index (χ1) is 7.09. The maximum atomic E-state index is 5.84. The molecule has 0 radical (unpaired) electrons. The van der Waals surface area contributed by atoms with Crippen LogP contribution in [0.5, 0.6) is 0 Å². The second kappa shape index (κ2) is 3.34. The summed E-state index contributed by atoms with van der Waals surface area (Å²) in [7, 11) is 0. The lowest BCUT2D eigenvalue weighted by molar-refractivity contribution is 0.768. The minimum absolute atomic E-state index is 0.562. The van der Waals surface area contributed by atoms with Crippen LogP contribution >= 0.6 is 0 Å². The second-order valence-electron chi connectivity index (χ2n) is 3.49. The number of hydrogen-bond donors (Lipinski definition) is 1. The number of nitrogens with zero attached hydrogens (tertiary/aromatic N) is 4. The SMILES string of the molecule is Cc1ccnc(-n2nc(C)c(N)c2C)n1. The molecule has 0 saturated carbocycles. The van der Waals surface area contributed by atoms with Gasteiger partial charge in [0, 0.05) is 11.9 Å². The molecule has 0 fully saturated rings. The van der Waals surface area contributed by atoms with Gasteiger partial charge in [-0.1, -0.05) is 0 Å². The van der Waals surface area contributed by atoms with E-state index in [4.69, 9.17) is 5.73 Å². The molecule has 2 aromatic heterocycles. The first-order valence-corrected chi connectivity index (χ1v) is 4.71. The molecule has 0 aliphatic rings. The standard InChI is InChI=1S/C10H13N5/c1-6-4-5-12-10(13-6)15-8(3)9(11)7(2)14-15/h4-5H,11H2,1-3H3. The quantitative estimate of drug-likeness (QED) is 0.755. The van der Waals surface area contributed by atoms with Crippen LogP contribution in [0, 0.1) is 20.8 Å². The molecule has 0 aromatic carbocycles. The van der Waals surface area contributed by atoms with Gasteiger partial charge in [-0.25, -0.2) is 14.6 Å². The van der Waals surface area contributed by atoms with Gasteiger partial charge >= 0.3 is 0 Å². The number of nitrogens with two attached hydrogens (primary N) is 1. The molecule has 2 N–H and O–H groups in total. The van der Waals surface area contributed by atoms with Gasteiger partial charge in [-0.2, -0.15) is 5.10 Å². The van der Waals surface area contributed by atoms with Gasteiger partial charge in [-0.3, -0.25) is 0 Å². The number of rotatable bonds is 1. The zero-order chi connectivity index (χ0) is 11.0. The fourth-order valence-corrected chi connectivity index (χ4v) is 1.39. The van der Waals surface area contributed by atoms with Crippen molar-refractivity contribution in [2.24, 2.45) is 0 Å². The van der Waals surface area contributed by atoms with Crippen LogP contribution < -0.4 is 5.73 Å². The highest BCUT2D eigenvalue weighted by Gasteiger charge is 2.11. The van der Waals surface area contributed by atoms with Crippen molar-refractivity contribution in [1.82, 2.24) is 19.7 Å². The van der Waals surface area contributed by atoms with Crippen LogP contribution in [0.4, 0.5) is 5.69 Å². The van der Waals surface area contributed by atoms with Crippen LogP contribution in [0.25, 0.3) is 5.95 Å². The highest BCUT2D eigenvalue weighted by atomic mass is 15.4. The van der Waals surface area contributed by atoms with Crippen molar-refractivity contribution in [3.05, 3.63) is 29.3 Å². The van der Waals surface area contributed by atoms with Gasteiger partial charge in [0.05, 0.1) is 17.1 Å². The molecule has 5 nitrogen and oxygen atoms in total. The molecule has 0 aliphatic carbocycles. The second-order valence-corrected chi connectivity index (χ2v) is 3.49. The van der Waals surface area contributed by atoms with E-state index in [0.29, 0.717) is 11.6 Å². The van der Waals surface area contributed by atoms with E-state index < -0.39 is 0 Å². The molecule has 0 unspecified atom stereocenters. The van der Waals surface area contributed by atoms with E-state index in [1.165, 1.54) is 0 Å². The summed E-state index contributed by atoms with van der Waals surface area (Å²) in [6, 6.07) is 1.85. The molecule has 15 heavy (non-hydrogen) atoms. The van der Waals surface area contributed by atoms with Crippen molar-refractivity contribution in [3.8, 4) is 5.95 Å². The Balaban J connectivity index is 2.59. The zero-order valence-electron chi connectivity index (χ0n) is 9.02. The highest BCUT2D eigenvalue weighted by molar-refractivity contribution is 5.48. The highest BCUT2D eigenvalue weighted by Crippen LogP contribution is 2.17. The van der Waals surface area contributed by atoms with E-state index in [0.717, 1.165) is 17.1 Å². The van der Waals surface area contributed by atoms with Gasteiger partial charge in [-0.15, -0.1) is 0 Å². The Morgan fingerprint density at radius 3 is 2.53 bits per heavy atom. The van der Waals surface area contributed by atoms with E-state index in [2.05, 4.69) is 15.1 Å². The summed E-state index contributed by atoms with van der Waals surface area (Å²) in [6.45, 7) is 5.69. The molecule has 5 heteroatoms. The number of aromatic nitrogens is 4. The van der Waals surface area contributed by atoms with Crippen LogP contribution in [0.1, 0.15) is 17.1 Å². The van der Waals surface area contributed by atoms with E-state index >= 15 is 0 Å². The molecule has 0 atom stereocenters. The van der Waals surface area contributed by atoms with Crippen LogP contribution in [-0.4, -0.2) is 19.7 Å². The third kappa shape index (κ3) is 1.56. The molecule has 0 saturated heterocycles. The van der Waals surface area contributed by atoms with Crippen LogP contribution in [0.15, 0.2) is 12.3 Å². The maximum absolute atomic E-state index is 5.84. The van der Waals surface area contributed by atoms with E-state index in [1.54, 1.807) is 10.9 Å². The van der Waals surface area contributed by atoms with Crippen molar-refractivity contribution in [3.63, 3.8) is 0 Å². The minimum atomic E-state index is 0.562. The normalized spacial score (nSPS) is 10.6. The molecule has 0 amide bonds. The fourth-order valence-electron chi connectivity index (χ4n) is 1.39.